The molecule has 2 heteroatoms. The van der Waals surface area contributed by atoms with E-state index < -0.39 is 0 Å². The zero-order valence-corrected chi connectivity index (χ0v) is 7.21. The topological polar surface area (TPSA) is 33.0 Å². The summed E-state index contributed by atoms with van der Waals surface area (Å²) >= 11 is 0. The molecule has 0 N–H and O–H groups in total. The molecule has 1 aliphatic rings. The van der Waals surface area contributed by atoms with E-state index in [0.717, 1.165) is 13.2 Å². The van der Waals surface area contributed by atoms with E-state index in [9.17, 15) is 0 Å². The molecule has 1 saturated heterocycles. The van der Waals surface area contributed by atoms with Gasteiger partial charge in [0.1, 0.15) is 0 Å². The van der Waals surface area contributed by atoms with E-state index in [1.54, 1.807) is 0 Å². The number of rotatable bonds is 3. The molecule has 1 rings (SSSR count). The summed E-state index contributed by atoms with van der Waals surface area (Å²) in [6, 6.07) is 2.24. The Morgan fingerprint density at radius 3 is 2.45 bits per heavy atom. The van der Waals surface area contributed by atoms with Gasteiger partial charge in [-0.25, -0.2) is 0 Å². The second-order valence-electron chi connectivity index (χ2n) is 3.57. The fraction of sp³-hybridized carbons (Fsp3) is 0.889. The van der Waals surface area contributed by atoms with Crippen molar-refractivity contribution >= 4 is 0 Å². The van der Waals surface area contributed by atoms with Crippen LogP contribution in [0.1, 0.15) is 20.3 Å². The third-order valence-corrected chi connectivity index (χ3v) is 2.45. The van der Waals surface area contributed by atoms with Crippen molar-refractivity contribution in [2.24, 2.45) is 17.8 Å². The van der Waals surface area contributed by atoms with Crippen LogP contribution in [0.15, 0.2) is 0 Å². The smallest absolute Gasteiger partial charge is 0.0624 e. The molecule has 1 aliphatic heterocycles. The van der Waals surface area contributed by atoms with Crippen LogP contribution < -0.4 is 0 Å². The first-order chi connectivity index (χ1) is 5.25. The number of nitrogens with zero attached hydrogens (tertiary/aromatic N) is 1. The molecule has 0 radical (unpaired) electrons. The molecule has 1 fully saturated rings. The molecular formula is C9H15NO. The molecule has 0 amide bonds. The average Bonchev–Trinajstić information content (AvgIpc) is 1.82. The summed E-state index contributed by atoms with van der Waals surface area (Å²) in [5, 5.41) is 8.56. The first-order valence-corrected chi connectivity index (χ1v) is 4.20. The minimum absolute atomic E-state index is 0.550. The lowest BCUT2D eigenvalue weighted by Gasteiger charge is -2.34. The minimum Gasteiger partial charge on any atom is -0.381 e. The summed E-state index contributed by atoms with van der Waals surface area (Å²) in [5.41, 5.74) is 0. The van der Waals surface area contributed by atoms with Gasteiger partial charge in [-0.05, 0) is 11.8 Å². The van der Waals surface area contributed by atoms with Crippen molar-refractivity contribution in [1.29, 1.82) is 5.26 Å². The molecule has 0 bridgehead atoms. The molecule has 0 aromatic carbocycles. The van der Waals surface area contributed by atoms with Gasteiger partial charge < -0.3 is 4.74 Å². The molecule has 62 valence electrons. The highest BCUT2D eigenvalue weighted by atomic mass is 16.5. The third-order valence-electron chi connectivity index (χ3n) is 2.45. The maximum absolute atomic E-state index is 8.56. The van der Waals surface area contributed by atoms with Crippen LogP contribution in [0, 0.1) is 29.1 Å². The molecule has 0 aromatic heterocycles. The van der Waals surface area contributed by atoms with Crippen molar-refractivity contribution in [3.63, 3.8) is 0 Å². The van der Waals surface area contributed by atoms with Crippen LogP contribution in [0.5, 0.6) is 0 Å². The summed E-state index contributed by atoms with van der Waals surface area (Å²) in [4.78, 5) is 0. The highest BCUT2D eigenvalue weighted by Crippen LogP contribution is 2.29. The quantitative estimate of drug-likeness (QED) is 0.619. The Labute approximate surface area is 68.2 Å². The van der Waals surface area contributed by atoms with Crippen LogP contribution in [0.4, 0.5) is 0 Å². The lowest BCUT2D eigenvalue weighted by atomic mass is 9.80. The lowest BCUT2D eigenvalue weighted by molar-refractivity contribution is -0.0690. The van der Waals surface area contributed by atoms with Crippen LogP contribution in [0.2, 0.25) is 0 Å². The van der Waals surface area contributed by atoms with Gasteiger partial charge in [0.05, 0.1) is 19.3 Å². The van der Waals surface area contributed by atoms with Crippen LogP contribution in [-0.4, -0.2) is 13.2 Å². The number of hydrogen-bond acceptors (Lipinski definition) is 2. The number of hydrogen-bond donors (Lipinski definition) is 0. The predicted molar refractivity (Wildman–Crippen MR) is 42.9 cm³/mol. The molecule has 1 atom stereocenters. The summed E-state index contributed by atoms with van der Waals surface area (Å²) in [5.74, 6) is 1.81. The summed E-state index contributed by atoms with van der Waals surface area (Å²) < 4.78 is 5.10. The Bertz CT molecular complexity index is 155. The molecule has 1 heterocycles. The van der Waals surface area contributed by atoms with Crippen molar-refractivity contribution in [2.45, 2.75) is 20.3 Å². The zero-order valence-electron chi connectivity index (χ0n) is 7.21. The molecule has 0 spiro atoms. The van der Waals surface area contributed by atoms with E-state index in [-0.39, 0.29) is 0 Å². The van der Waals surface area contributed by atoms with E-state index in [0.29, 0.717) is 24.2 Å². The molecular weight excluding hydrogens is 138 g/mol. The molecule has 0 saturated carbocycles. The van der Waals surface area contributed by atoms with Crippen molar-refractivity contribution < 1.29 is 4.74 Å². The van der Waals surface area contributed by atoms with Crippen LogP contribution in [-0.2, 0) is 4.74 Å². The SMILES string of the molecule is CC(C)C(CC#N)C1COC1. The van der Waals surface area contributed by atoms with Crippen molar-refractivity contribution in [3.8, 4) is 6.07 Å². The highest BCUT2D eigenvalue weighted by molar-refractivity contribution is 4.85. The summed E-state index contributed by atoms with van der Waals surface area (Å²) in [6.07, 6.45) is 0.686. The third kappa shape index (κ3) is 1.94. The van der Waals surface area contributed by atoms with Crippen LogP contribution >= 0.6 is 0 Å². The fourth-order valence-corrected chi connectivity index (χ4v) is 1.55. The van der Waals surface area contributed by atoms with Gasteiger partial charge in [-0.15, -0.1) is 0 Å². The predicted octanol–water partition coefficient (Wildman–Crippen LogP) is 1.82. The Balaban J connectivity index is 2.39. The fourth-order valence-electron chi connectivity index (χ4n) is 1.55. The van der Waals surface area contributed by atoms with Gasteiger partial charge >= 0.3 is 0 Å². The van der Waals surface area contributed by atoms with Gasteiger partial charge in [0.15, 0.2) is 0 Å². The summed E-state index contributed by atoms with van der Waals surface area (Å²) in [6.45, 7) is 6.09. The van der Waals surface area contributed by atoms with Crippen molar-refractivity contribution in [1.82, 2.24) is 0 Å². The lowest BCUT2D eigenvalue weighted by Crippen LogP contribution is -2.36. The van der Waals surface area contributed by atoms with E-state index >= 15 is 0 Å². The van der Waals surface area contributed by atoms with E-state index in [4.69, 9.17) is 10.00 Å². The van der Waals surface area contributed by atoms with Gasteiger partial charge in [-0.2, -0.15) is 5.26 Å². The van der Waals surface area contributed by atoms with Gasteiger partial charge in [0, 0.05) is 12.3 Å². The Hall–Kier alpha value is -0.550. The Morgan fingerprint density at radius 1 is 1.55 bits per heavy atom. The second kappa shape index (κ2) is 3.73. The average molecular weight is 153 g/mol. The molecule has 11 heavy (non-hydrogen) atoms. The maximum Gasteiger partial charge on any atom is 0.0624 e. The normalized spacial score (nSPS) is 20.9. The number of nitriles is 1. The van der Waals surface area contributed by atoms with Gasteiger partial charge in [0.2, 0.25) is 0 Å². The van der Waals surface area contributed by atoms with Gasteiger partial charge in [0.25, 0.3) is 0 Å². The zero-order chi connectivity index (χ0) is 8.27. The van der Waals surface area contributed by atoms with Crippen molar-refractivity contribution in [3.05, 3.63) is 0 Å². The Kier molecular flexibility index (Phi) is 2.90. The standard InChI is InChI=1S/C9H15NO/c1-7(2)9(3-4-10)8-5-11-6-8/h7-9H,3,5-6H2,1-2H3. The number of ether oxygens (including phenoxy) is 1. The van der Waals surface area contributed by atoms with Gasteiger partial charge in [-0.3, -0.25) is 0 Å². The van der Waals surface area contributed by atoms with Crippen LogP contribution in [0.3, 0.4) is 0 Å². The van der Waals surface area contributed by atoms with E-state index in [1.807, 2.05) is 0 Å². The van der Waals surface area contributed by atoms with Gasteiger partial charge in [-0.1, -0.05) is 13.8 Å². The second-order valence-corrected chi connectivity index (χ2v) is 3.57. The molecule has 1 unspecified atom stereocenters. The van der Waals surface area contributed by atoms with E-state index in [1.165, 1.54) is 0 Å². The summed E-state index contributed by atoms with van der Waals surface area (Å²) in [7, 11) is 0. The minimum atomic E-state index is 0.550. The monoisotopic (exact) mass is 153 g/mol. The molecule has 0 aliphatic carbocycles. The maximum atomic E-state index is 8.56. The van der Waals surface area contributed by atoms with E-state index in [2.05, 4.69) is 19.9 Å². The molecule has 0 aromatic rings. The molecule has 2 nitrogen and oxygen atoms in total. The first-order valence-electron chi connectivity index (χ1n) is 4.20. The largest absolute Gasteiger partial charge is 0.381 e. The van der Waals surface area contributed by atoms with Crippen molar-refractivity contribution in [2.75, 3.05) is 13.2 Å². The van der Waals surface area contributed by atoms with Crippen LogP contribution in [0.25, 0.3) is 0 Å². The highest BCUT2D eigenvalue weighted by Gasteiger charge is 2.29. The Morgan fingerprint density at radius 2 is 2.18 bits per heavy atom. The first kappa shape index (κ1) is 8.55.